The van der Waals surface area contributed by atoms with Gasteiger partial charge in [0, 0.05) is 11.9 Å². The van der Waals surface area contributed by atoms with Crippen molar-refractivity contribution in [2.75, 3.05) is 11.9 Å². The quantitative estimate of drug-likeness (QED) is 0.784. The van der Waals surface area contributed by atoms with Gasteiger partial charge in [-0.2, -0.15) is 0 Å². The number of amides is 1. The molecule has 1 aromatic carbocycles. The number of hydrogen-bond donors (Lipinski definition) is 1. The standard InChI is InChI=1S/C16H21BrClNO/c1-11-5-4-8-14(15(11)18)16(20)19-10-13-7-3-2-6-12(13)9-17/h4-5,8,12-13H,2-3,6-7,9-10H2,1H3,(H,19,20). The Morgan fingerprint density at radius 1 is 1.35 bits per heavy atom. The molecule has 1 saturated carbocycles. The average Bonchev–Trinajstić information content (AvgIpc) is 2.48. The molecular formula is C16H21BrClNO. The van der Waals surface area contributed by atoms with Crippen LogP contribution in [0.2, 0.25) is 5.02 Å². The van der Waals surface area contributed by atoms with Gasteiger partial charge in [-0.05, 0) is 43.2 Å². The van der Waals surface area contributed by atoms with Crippen LogP contribution < -0.4 is 5.32 Å². The molecular weight excluding hydrogens is 338 g/mol. The van der Waals surface area contributed by atoms with E-state index in [1.54, 1.807) is 6.07 Å². The van der Waals surface area contributed by atoms with Crippen molar-refractivity contribution in [1.82, 2.24) is 5.32 Å². The summed E-state index contributed by atoms with van der Waals surface area (Å²) in [5, 5.41) is 4.64. The van der Waals surface area contributed by atoms with E-state index < -0.39 is 0 Å². The first kappa shape index (κ1) is 15.8. The largest absolute Gasteiger partial charge is 0.352 e. The Kier molecular flexibility index (Phi) is 5.91. The molecule has 1 aliphatic rings. The maximum Gasteiger partial charge on any atom is 0.252 e. The molecule has 2 rings (SSSR count). The summed E-state index contributed by atoms with van der Waals surface area (Å²) < 4.78 is 0. The van der Waals surface area contributed by atoms with Crippen LogP contribution in [-0.4, -0.2) is 17.8 Å². The predicted octanol–water partition coefficient (Wildman–Crippen LogP) is 4.58. The molecule has 0 bridgehead atoms. The highest BCUT2D eigenvalue weighted by atomic mass is 79.9. The highest BCUT2D eigenvalue weighted by molar-refractivity contribution is 9.09. The van der Waals surface area contributed by atoms with Gasteiger partial charge in [-0.15, -0.1) is 0 Å². The SMILES string of the molecule is Cc1cccc(C(=O)NCC2CCCCC2CBr)c1Cl. The molecule has 0 aromatic heterocycles. The van der Waals surface area contributed by atoms with E-state index in [9.17, 15) is 4.79 Å². The molecule has 2 unspecified atom stereocenters. The van der Waals surface area contributed by atoms with E-state index in [0.29, 0.717) is 22.4 Å². The first-order valence-electron chi connectivity index (χ1n) is 7.22. The van der Waals surface area contributed by atoms with Gasteiger partial charge in [0.1, 0.15) is 0 Å². The lowest BCUT2D eigenvalue weighted by Gasteiger charge is -2.30. The Labute approximate surface area is 134 Å². The molecule has 1 amide bonds. The number of hydrogen-bond acceptors (Lipinski definition) is 1. The first-order valence-corrected chi connectivity index (χ1v) is 8.72. The summed E-state index contributed by atoms with van der Waals surface area (Å²) in [6.07, 6.45) is 5.05. The highest BCUT2D eigenvalue weighted by Crippen LogP contribution is 2.31. The first-order chi connectivity index (χ1) is 9.63. The van der Waals surface area contributed by atoms with E-state index in [2.05, 4.69) is 21.2 Å². The van der Waals surface area contributed by atoms with Crippen LogP contribution in [0.3, 0.4) is 0 Å². The summed E-state index contributed by atoms with van der Waals surface area (Å²) in [7, 11) is 0. The summed E-state index contributed by atoms with van der Waals surface area (Å²) in [5.74, 6) is 1.20. The van der Waals surface area contributed by atoms with Crippen molar-refractivity contribution < 1.29 is 4.79 Å². The second kappa shape index (κ2) is 7.46. The molecule has 0 radical (unpaired) electrons. The number of aryl methyl sites for hydroxylation is 1. The summed E-state index contributed by atoms with van der Waals surface area (Å²) in [6, 6.07) is 5.58. The predicted molar refractivity (Wildman–Crippen MR) is 87.8 cm³/mol. The minimum atomic E-state index is -0.0578. The van der Waals surface area contributed by atoms with Crippen molar-refractivity contribution in [2.45, 2.75) is 32.6 Å². The topological polar surface area (TPSA) is 29.1 Å². The Balaban J connectivity index is 1.96. The molecule has 110 valence electrons. The van der Waals surface area contributed by atoms with Gasteiger partial charge in [0.25, 0.3) is 5.91 Å². The van der Waals surface area contributed by atoms with E-state index in [4.69, 9.17) is 11.6 Å². The monoisotopic (exact) mass is 357 g/mol. The zero-order valence-electron chi connectivity index (χ0n) is 11.8. The smallest absolute Gasteiger partial charge is 0.252 e. The van der Waals surface area contributed by atoms with Crippen molar-refractivity contribution in [3.63, 3.8) is 0 Å². The Morgan fingerprint density at radius 2 is 2.05 bits per heavy atom. The van der Waals surface area contributed by atoms with Gasteiger partial charge in [-0.1, -0.05) is 52.5 Å². The molecule has 1 fully saturated rings. The fraction of sp³-hybridized carbons (Fsp3) is 0.562. The molecule has 20 heavy (non-hydrogen) atoms. The van der Waals surface area contributed by atoms with Gasteiger partial charge in [0.2, 0.25) is 0 Å². The molecule has 0 saturated heterocycles. The molecule has 0 spiro atoms. The number of halogens is 2. The van der Waals surface area contributed by atoms with E-state index in [-0.39, 0.29) is 5.91 Å². The molecule has 2 atom stereocenters. The number of carbonyl (C=O) groups excluding carboxylic acids is 1. The van der Waals surface area contributed by atoms with Crippen molar-refractivity contribution in [3.8, 4) is 0 Å². The van der Waals surface area contributed by atoms with E-state index >= 15 is 0 Å². The van der Waals surface area contributed by atoms with Crippen LogP contribution in [0.4, 0.5) is 0 Å². The van der Waals surface area contributed by atoms with Gasteiger partial charge in [0.05, 0.1) is 10.6 Å². The molecule has 0 aliphatic heterocycles. The Bertz CT molecular complexity index is 478. The van der Waals surface area contributed by atoms with Gasteiger partial charge in [-0.3, -0.25) is 4.79 Å². The number of benzene rings is 1. The summed E-state index contributed by atoms with van der Waals surface area (Å²) in [5.41, 5.74) is 1.52. The van der Waals surface area contributed by atoms with E-state index in [1.165, 1.54) is 25.7 Å². The molecule has 1 aromatic rings. The third kappa shape index (κ3) is 3.76. The minimum absolute atomic E-state index is 0.0578. The van der Waals surface area contributed by atoms with Crippen LogP contribution in [0.5, 0.6) is 0 Å². The lowest BCUT2D eigenvalue weighted by Crippen LogP contribution is -2.35. The summed E-state index contributed by atoms with van der Waals surface area (Å²) >= 11 is 9.79. The third-order valence-electron chi connectivity index (χ3n) is 4.23. The molecule has 0 heterocycles. The van der Waals surface area contributed by atoms with E-state index in [0.717, 1.165) is 17.4 Å². The van der Waals surface area contributed by atoms with Crippen LogP contribution in [0, 0.1) is 18.8 Å². The zero-order chi connectivity index (χ0) is 14.5. The fourth-order valence-corrected chi connectivity index (χ4v) is 3.96. The molecule has 1 aliphatic carbocycles. The Hall–Kier alpha value is -0.540. The average molecular weight is 359 g/mol. The van der Waals surface area contributed by atoms with Gasteiger partial charge < -0.3 is 5.32 Å². The van der Waals surface area contributed by atoms with Gasteiger partial charge in [0.15, 0.2) is 0 Å². The number of alkyl halides is 1. The second-order valence-electron chi connectivity index (χ2n) is 5.61. The molecule has 4 heteroatoms. The van der Waals surface area contributed by atoms with Crippen molar-refractivity contribution >= 4 is 33.4 Å². The maximum atomic E-state index is 12.2. The minimum Gasteiger partial charge on any atom is -0.352 e. The van der Waals surface area contributed by atoms with Crippen LogP contribution in [0.25, 0.3) is 0 Å². The second-order valence-corrected chi connectivity index (χ2v) is 6.63. The van der Waals surface area contributed by atoms with Crippen LogP contribution in [0.15, 0.2) is 18.2 Å². The van der Waals surface area contributed by atoms with Crippen LogP contribution >= 0.6 is 27.5 Å². The van der Waals surface area contributed by atoms with Crippen LogP contribution in [0.1, 0.15) is 41.6 Å². The van der Waals surface area contributed by atoms with Crippen LogP contribution in [-0.2, 0) is 0 Å². The third-order valence-corrected chi connectivity index (χ3v) is 5.56. The lowest BCUT2D eigenvalue weighted by atomic mass is 9.80. The fourth-order valence-electron chi connectivity index (χ4n) is 2.90. The number of rotatable bonds is 4. The van der Waals surface area contributed by atoms with Crippen molar-refractivity contribution in [3.05, 3.63) is 34.3 Å². The van der Waals surface area contributed by atoms with Crippen molar-refractivity contribution in [1.29, 1.82) is 0 Å². The Morgan fingerprint density at radius 3 is 2.75 bits per heavy atom. The van der Waals surface area contributed by atoms with Gasteiger partial charge >= 0.3 is 0 Å². The normalized spacial score (nSPS) is 22.6. The summed E-state index contributed by atoms with van der Waals surface area (Å²) in [4.78, 5) is 12.2. The lowest BCUT2D eigenvalue weighted by molar-refractivity contribution is 0.0937. The highest BCUT2D eigenvalue weighted by Gasteiger charge is 2.24. The number of nitrogens with one attached hydrogen (secondary N) is 1. The molecule has 1 N–H and O–H groups in total. The zero-order valence-corrected chi connectivity index (χ0v) is 14.1. The summed E-state index contributed by atoms with van der Waals surface area (Å²) in [6.45, 7) is 2.67. The molecule has 2 nitrogen and oxygen atoms in total. The number of carbonyl (C=O) groups is 1. The maximum absolute atomic E-state index is 12.2. The van der Waals surface area contributed by atoms with Gasteiger partial charge in [-0.25, -0.2) is 0 Å². The van der Waals surface area contributed by atoms with Crippen molar-refractivity contribution in [2.24, 2.45) is 11.8 Å². The van der Waals surface area contributed by atoms with E-state index in [1.807, 2.05) is 19.1 Å².